The molecule has 0 spiro atoms. The molecule has 80 valence electrons. The van der Waals surface area contributed by atoms with E-state index in [0.29, 0.717) is 5.92 Å². The molecule has 2 saturated heterocycles. The van der Waals surface area contributed by atoms with Crippen molar-refractivity contribution in [3.63, 3.8) is 0 Å². The summed E-state index contributed by atoms with van der Waals surface area (Å²) in [6.07, 6.45) is 2.10. The van der Waals surface area contributed by atoms with E-state index in [1.807, 2.05) is 4.90 Å². The molecular weight excluding hydrogens is 180 g/mol. The molecule has 0 aromatic rings. The number of aliphatic hydroxyl groups excluding tert-OH is 1. The Morgan fingerprint density at radius 1 is 1.50 bits per heavy atom. The Balaban J connectivity index is 1.86. The van der Waals surface area contributed by atoms with Crippen LogP contribution in [0, 0.1) is 11.8 Å². The van der Waals surface area contributed by atoms with E-state index in [9.17, 15) is 4.79 Å². The summed E-state index contributed by atoms with van der Waals surface area (Å²) < 4.78 is 0. The first-order chi connectivity index (χ1) is 6.81. The molecule has 14 heavy (non-hydrogen) atoms. The molecule has 4 heteroatoms. The SMILES string of the molecule is O=C(C1CNC1)N1CCCC(CO)C1. The van der Waals surface area contributed by atoms with Crippen LogP contribution in [-0.2, 0) is 4.79 Å². The zero-order valence-corrected chi connectivity index (χ0v) is 8.41. The molecule has 1 atom stereocenters. The Morgan fingerprint density at radius 3 is 2.86 bits per heavy atom. The zero-order chi connectivity index (χ0) is 9.97. The van der Waals surface area contributed by atoms with Gasteiger partial charge < -0.3 is 15.3 Å². The first-order valence-corrected chi connectivity index (χ1v) is 5.41. The highest BCUT2D eigenvalue weighted by Gasteiger charge is 2.31. The second-order valence-corrected chi connectivity index (χ2v) is 4.33. The summed E-state index contributed by atoms with van der Waals surface area (Å²) in [5, 5.41) is 12.2. The second kappa shape index (κ2) is 4.28. The number of piperidine rings is 1. The summed E-state index contributed by atoms with van der Waals surface area (Å²) in [5.41, 5.74) is 0. The molecule has 1 unspecified atom stereocenters. The highest BCUT2D eigenvalue weighted by atomic mass is 16.3. The van der Waals surface area contributed by atoms with Crippen LogP contribution in [0.4, 0.5) is 0 Å². The topological polar surface area (TPSA) is 52.6 Å². The van der Waals surface area contributed by atoms with Crippen molar-refractivity contribution in [2.45, 2.75) is 12.8 Å². The zero-order valence-electron chi connectivity index (χ0n) is 8.41. The van der Waals surface area contributed by atoms with Crippen LogP contribution in [0.1, 0.15) is 12.8 Å². The number of aliphatic hydroxyl groups is 1. The standard InChI is InChI=1S/C10H18N2O2/c13-7-8-2-1-3-12(6-8)10(14)9-4-11-5-9/h8-9,11,13H,1-7H2. The van der Waals surface area contributed by atoms with Crippen LogP contribution in [0.5, 0.6) is 0 Å². The molecule has 0 saturated carbocycles. The van der Waals surface area contributed by atoms with E-state index < -0.39 is 0 Å². The third kappa shape index (κ3) is 1.91. The third-order valence-electron chi connectivity index (χ3n) is 3.22. The van der Waals surface area contributed by atoms with Gasteiger partial charge in [-0.25, -0.2) is 0 Å². The minimum atomic E-state index is 0.201. The molecule has 2 heterocycles. The average molecular weight is 198 g/mol. The van der Waals surface area contributed by atoms with E-state index in [0.717, 1.165) is 39.0 Å². The van der Waals surface area contributed by atoms with Crippen LogP contribution in [0.25, 0.3) is 0 Å². The van der Waals surface area contributed by atoms with Gasteiger partial charge in [0.15, 0.2) is 0 Å². The number of hydrogen-bond acceptors (Lipinski definition) is 3. The Labute approximate surface area is 84.3 Å². The largest absolute Gasteiger partial charge is 0.396 e. The fourth-order valence-corrected chi connectivity index (χ4v) is 2.14. The molecule has 4 nitrogen and oxygen atoms in total. The van der Waals surface area contributed by atoms with E-state index in [1.165, 1.54) is 0 Å². The van der Waals surface area contributed by atoms with Gasteiger partial charge in [0.2, 0.25) is 5.91 Å². The van der Waals surface area contributed by atoms with Gasteiger partial charge in [-0.15, -0.1) is 0 Å². The van der Waals surface area contributed by atoms with Gasteiger partial charge in [0, 0.05) is 32.8 Å². The van der Waals surface area contributed by atoms with Crippen molar-refractivity contribution in [3.8, 4) is 0 Å². The second-order valence-electron chi connectivity index (χ2n) is 4.33. The number of hydrogen-bond donors (Lipinski definition) is 2. The van der Waals surface area contributed by atoms with E-state index in [2.05, 4.69) is 5.32 Å². The maximum atomic E-state index is 11.8. The van der Waals surface area contributed by atoms with Gasteiger partial charge in [0.05, 0.1) is 5.92 Å². The number of likely N-dealkylation sites (tertiary alicyclic amines) is 1. The fraction of sp³-hybridized carbons (Fsp3) is 0.900. The van der Waals surface area contributed by atoms with Crippen LogP contribution in [0.2, 0.25) is 0 Å². The monoisotopic (exact) mass is 198 g/mol. The Morgan fingerprint density at radius 2 is 2.29 bits per heavy atom. The van der Waals surface area contributed by atoms with Crippen molar-refractivity contribution in [2.75, 3.05) is 32.8 Å². The molecule has 2 rings (SSSR count). The van der Waals surface area contributed by atoms with Crippen molar-refractivity contribution < 1.29 is 9.90 Å². The summed E-state index contributed by atoms with van der Waals surface area (Å²) in [6, 6.07) is 0. The van der Waals surface area contributed by atoms with Crippen LogP contribution >= 0.6 is 0 Å². The van der Waals surface area contributed by atoms with Crippen LogP contribution in [0.3, 0.4) is 0 Å². The van der Waals surface area contributed by atoms with E-state index >= 15 is 0 Å². The number of nitrogens with zero attached hydrogens (tertiary/aromatic N) is 1. The third-order valence-corrected chi connectivity index (χ3v) is 3.22. The number of rotatable bonds is 2. The summed E-state index contributed by atoms with van der Waals surface area (Å²) in [6.45, 7) is 3.52. The van der Waals surface area contributed by atoms with Crippen molar-refractivity contribution in [1.29, 1.82) is 0 Å². The summed E-state index contributed by atoms with van der Waals surface area (Å²) >= 11 is 0. The van der Waals surface area contributed by atoms with Crippen molar-refractivity contribution in [1.82, 2.24) is 10.2 Å². The Bertz CT molecular complexity index is 216. The molecule has 2 N–H and O–H groups in total. The van der Waals surface area contributed by atoms with Gasteiger partial charge in [-0.3, -0.25) is 4.79 Å². The van der Waals surface area contributed by atoms with Crippen LogP contribution in [0.15, 0.2) is 0 Å². The molecule has 1 amide bonds. The summed E-state index contributed by atoms with van der Waals surface area (Å²) in [4.78, 5) is 13.8. The van der Waals surface area contributed by atoms with Crippen LogP contribution < -0.4 is 5.32 Å². The lowest BCUT2D eigenvalue weighted by Crippen LogP contribution is -2.54. The maximum Gasteiger partial charge on any atom is 0.228 e. The van der Waals surface area contributed by atoms with Crippen molar-refractivity contribution >= 4 is 5.91 Å². The molecular formula is C10H18N2O2. The lowest BCUT2D eigenvalue weighted by molar-refractivity contribution is -0.139. The lowest BCUT2D eigenvalue weighted by atomic mass is 9.95. The molecule has 2 aliphatic heterocycles. The minimum Gasteiger partial charge on any atom is -0.396 e. The Hall–Kier alpha value is -0.610. The van der Waals surface area contributed by atoms with E-state index in [-0.39, 0.29) is 18.4 Å². The predicted octanol–water partition coefficient (Wildman–Crippen LogP) is -0.563. The van der Waals surface area contributed by atoms with E-state index in [4.69, 9.17) is 5.11 Å². The lowest BCUT2D eigenvalue weighted by Gasteiger charge is -2.37. The van der Waals surface area contributed by atoms with E-state index in [1.54, 1.807) is 0 Å². The van der Waals surface area contributed by atoms with Gasteiger partial charge in [0.25, 0.3) is 0 Å². The van der Waals surface area contributed by atoms with Gasteiger partial charge in [-0.05, 0) is 18.8 Å². The molecule has 0 aromatic heterocycles. The molecule has 0 bridgehead atoms. The predicted molar refractivity (Wildman–Crippen MR) is 52.7 cm³/mol. The normalized spacial score (nSPS) is 28.6. The smallest absolute Gasteiger partial charge is 0.228 e. The number of carbonyl (C=O) groups excluding carboxylic acids is 1. The average Bonchev–Trinajstić information content (AvgIpc) is 2.15. The molecule has 0 aliphatic carbocycles. The fourth-order valence-electron chi connectivity index (χ4n) is 2.14. The minimum absolute atomic E-state index is 0.201. The maximum absolute atomic E-state index is 11.8. The van der Waals surface area contributed by atoms with Gasteiger partial charge in [-0.2, -0.15) is 0 Å². The first-order valence-electron chi connectivity index (χ1n) is 5.41. The highest BCUT2D eigenvalue weighted by molar-refractivity contribution is 5.80. The summed E-state index contributed by atoms with van der Waals surface area (Å²) in [7, 11) is 0. The summed E-state index contributed by atoms with van der Waals surface area (Å²) in [5.74, 6) is 0.787. The molecule has 2 aliphatic rings. The van der Waals surface area contributed by atoms with Gasteiger partial charge >= 0.3 is 0 Å². The highest BCUT2D eigenvalue weighted by Crippen LogP contribution is 2.18. The van der Waals surface area contributed by atoms with Gasteiger partial charge in [-0.1, -0.05) is 0 Å². The molecule has 0 radical (unpaired) electrons. The van der Waals surface area contributed by atoms with Gasteiger partial charge in [0.1, 0.15) is 0 Å². The quantitative estimate of drug-likeness (QED) is 0.625. The first kappa shape index (κ1) is 9.93. The van der Waals surface area contributed by atoms with Crippen LogP contribution in [-0.4, -0.2) is 48.7 Å². The number of nitrogens with one attached hydrogen (secondary N) is 1. The number of amides is 1. The van der Waals surface area contributed by atoms with Crippen molar-refractivity contribution in [3.05, 3.63) is 0 Å². The molecule has 0 aromatic carbocycles. The number of carbonyl (C=O) groups is 1. The van der Waals surface area contributed by atoms with Crippen molar-refractivity contribution in [2.24, 2.45) is 11.8 Å². The molecule has 2 fully saturated rings. The Kier molecular flexibility index (Phi) is 3.03.